The molecule has 0 aromatic carbocycles. The van der Waals surface area contributed by atoms with Gasteiger partial charge in [0.1, 0.15) is 0 Å². The summed E-state index contributed by atoms with van der Waals surface area (Å²) < 4.78 is 9.86. The van der Waals surface area contributed by atoms with Crippen LogP contribution in [0, 0.1) is 0 Å². The lowest BCUT2D eigenvalue weighted by Crippen LogP contribution is -2.14. The lowest BCUT2D eigenvalue weighted by atomic mass is 10.2. The van der Waals surface area contributed by atoms with Crippen molar-refractivity contribution in [3.05, 3.63) is 6.07 Å². The number of nitrogens with zero attached hydrogens (tertiary/aromatic N) is 2. The van der Waals surface area contributed by atoms with Gasteiger partial charge in [-0.3, -0.25) is 14.9 Å². The number of hydrogen-bond acceptors (Lipinski definition) is 6. The van der Waals surface area contributed by atoms with E-state index in [1.807, 2.05) is 0 Å². The van der Waals surface area contributed by atoms with Crippen LogP contribution in [0.25, 0.3) is 0 Å². The number of carboxylic acids is 1. The minimum atomic E-state index is -0.938. The van der Waals surface area contributed by atoms with Gasteiger partial charge >= 0.3 is 5.97 Å². The Hall–Kier alpha value is -2.38. The smallest absolute Gasteiger partial charge is 0.303 e. The van der Waals surface area contributed by atoms with Gasteiger partial charge in [-0.1, -0.05) is 0 Å². The molecule has 0 spiro atoms. The highest BCUT2D eigenvalue weighted by molar-refractivity contribution is 5.89. The fraction of sp³-hybridized carbons (Fsp3) is 0.455. The second-order valence-corrected chi connectivity index (χ2v) is 3.57. The van der Waals surface area contributed by atoms with Gasteiger partial charge in [-0.15, -0.1) is 0 Å². The number of carboxylic acid groups (broad SMARTS) is 1. The maximum absolute atomic E-state index is 11.5. The molecule has 8 nitrogen and oxygen atoms in total. The predicted octanol–water partition coefficient (Wildman–Crippen LogP) is 0.687. The first-order valence-corrected chi connectivity index (χ1v) is 5.54. The molecule has 19 heavy (non-hydrogen) atoms. The maximum Gasteiger partial charge on any atom is 0.303 e. The van der Waals surface area contributed by atoms with Crippen LogP contribution in [0.3, 0.4) is 0 Å². The highest BCUT2D eigenvalue weighted by atomic mass is 16.5. The summed E-state index contributed by atoms with van der Waals surface area (Å²) in [6, 6.07) is 1.47. The van der Waals surface area contributed by atoms with Crippen LogP contribution in [0.15, 0.2) is 6.07 Å². The third-order valence-corrected chi connectivity index (χ3v) is 2.14. The minimum absolute atomic E-state index is 0.0523. The maximum atomic E-state index is 11.5. The van der Waals surface area contributed by atoms with Gasteiger partial charge in [-0.25, -0.2) is 0 Å². The first-order chi connectivity index (χ1) is 9.05. The zero-order valence-electron chi connectivity index (χ0n) is 10.7. The number of methoxy groups -OCH3 is 2. The average molecular weight is 269 g/mol. The van der Waals surface area contributed by atoms with Crippen molar-refractivity contribution in [3.8, 4) is 11.8 Å². The summed E-state index contributed by atoms with van der Waals surface area (Å²) in [6.45, 7) is 0. The van der Waals surface area contributed by atoms with Crippen molar-refractivity contribution >= 4 is 17.8 Å². The zero-order valence-corrected chi connectivity index (χ0v) is 10.7. The SMILES string of the molecule is COc1cc(OC)nc(NC(=O)CCCC(=O)O)n1. The van der Waals surface area contributed by atoms with Crippen molar-refractivity contribution in [2.24, 2.45) is 0 Å². The molecule has 1 aromatic heterocycles. The Morgan fingerprint density at radius 3 is 2.26 bits per heavy atom. The Kier molecular flexibility index (Phi) is 5.52. The summed E-state index contributed by atoms with van der Waals surface area (Å²) in [4.78, 5) is 29.7. The van der Waals surface area contributed by atoms with Crippen molar-refractivity contribution in [1.82, 2.24) is 9.97 Å². The van der Waals surface area contributed by atoms with Crippen LogP contribution >= 0.6 is 0 Å². The van der Waals surface area contributed by atoms with E-state index in [0.717, 1.165) is 0 Å². The lowest BCUT2D eigenvalue weighted by molar-refractivity contribution is -0.137. The molecule has 0 saturated heterocycles. The topological polar surface area (TPSA) is 111 Å². The molecule has 1 rings (SSSR count). The lowest BCUT2D eigenvalue weighted by Gasteiger charge is -2.07. The number of aromatic nitrogens is 2. The van der Waals surface area contributed by atoms with Crippen molar-refractivity contribution < 1.29 is 24.2 Å². The standard InChI is InChI=1S/C11H15N3O5/c1-18-8-6-9(19-2)14-11(13-8)12-7(15)4-3-5-10(16)17/h6H,3-5H2,1-2H3,(H,16,17)(H,12,13,14,15). The largest absolute Gasteiger partial charge is 0.481 e. The fourth-order valence-electron chi connectivity index (χ4n) is 1.26. The number of carbonyl (C=O) groups excluding carboxylic acids is 1. The van der Waals surface area contributed by atoms with E-state index in [1.54, 1.807) is 0 Å². The van der Waals surface area contributed by atoms with Gasteiger partial charge in [0.15, 0.2) is 0 Å². The highest BCUT2D eigenvalue weighted by Gasteiger charge is 2.09. The highest BCUT2D eigenvalue weighted by Crippen LogP contribution is 2.17. The van der Waals surface area contributed by atoms with Crippen LogP contribution in [0.5, 0.6) is 11.8 Å². The summed E-state index contributed by atoms with van der Waals surface area (Å²) in [5.41, 5.74) is 0. The molecule has 1 amide bonds. The van der Waals surface area contributed by atoms with E-state index in [0.29, 0.717) is 0 Å². The summed E-state index contributed by atoms with van der Waals surface area (Å²) in [5.74, 6) is -0.736. The van der Waals surface area contributed by atoms with Gasteiger partial charge in [0, 0.05) is 12.8 Å². The molecule has 0 radical (unpaired) electrons. The third kappa shape index (κ3) is 5.19. The number of amides is 1. The number of ether oxygens (including phenoxy) is 2. The van der Waals surface area contributed by atoms with Crippen LogP contribution < -0.4 is 14.8 Å². The third-order valence-electron chi connectivity index (χ3n) is 2.14. The van der Waals surface area contributed by atoms with Gasteiger partial charge in [0.25, 0.3) is 0 Å². The number of anilines is 1. The zero-order chi connectivity index (χ0) is 14.3. The molecule has 0 aliphatic heterocycles. The first-order valence-electron chi connectivity index (χ1n) is 5.54. The Labute approximate surface area is 109 Å². The second-order valence-electron chi connectivity index (χ2n) is 3.57. The van der Waals surface area contributed by atoms with Crippen LogP contribution in [0.1, 0.15) is 19.3 Å². The van der Waals surface area contributed by atoms with Gasteiger partial charge in [-0.05, 0) is 6.42 Å². The number of carbonyl (C=O) groups is 2. The van der Waals surface area contributed by atoms with Crippen molar-refractivity contribution in [1.29, 1.82) is 0 Å². The average Bonchev–Trinajstić information content (AvgIpc) is 2.37. The van der Waals surface area contributed by atoms with E-state index < -0.39 is 5.97 Å². The molecule has 0 atom stereocenters. The number of rotatable bonds is 7. The van der Waals surface area contributed by atoms with Crippen LogP contribution in [-0.2, 0) is 9.59 Å². The Morgan fingerprint density at radius 1 is 1.21 bits per heavy atom. The summed E-state index contributed by atoms with van der Waals surface area (Å²) in [5, 5.41) is 10.9. The summed E-state index contributed by atoms with van der Waals surface area (Å²) in [6.07, 6.45) is 0.271. The van der Waals surface area contributed by atoms with Gasteiger partial charge in [0.05, 0.1) is 20.3 Å². The molecule has 0 aliphatic rings. The molecule has 0 unspecified atom stereocenters. The number of hydrogen-bond donors (Lipinski definition) is 2. The predicted molar refractivity (Wildman–Crippen MR) is 65.3 cm³/mol. The number of nitrogens with one attached hydrogen (secondary N) is 1. The van der Waals surface area contributed by atoms with Gasteiger partial charge < -0.3 is 14.6 Å². The molecular formula is C11H15N3O5. The number of aliphatic carboxylic acids is 1. The van der Waals surface area contributed by atoms with Crippen LogP contribution in [-0.4, -0.2) is 41.2 Å². The fourth-order valence-corrected chi connectivity index (χ4v) is 1.26. The normalized spacial score (nSPS) is 9.79. The molecule has 1 aromatic rings. The molecule has 8 heteroatoms. The molecular weight excluding hydrogens is 254 g/mol. The molecule has 0 fully saturated rings. The van der Waals surface area contributed by atoms with Crippen molar-refractivity contribution in [2.75, 3.05) is 19.5 Å². The molecule has 104 valence electrons. The Morgan fingerprint density at radius 2 is 1.79 bits per heavy atom. The minimum Gasteiger partial charge on any atom is -0.481 e. The molecule has 1 heterocycles. The van der Waals surface area contributed by atoms with Crippen molar-refractivity contribution in [2.45, 2.75) is 19.3 Å². The van der Waals surface area contributed by atoms with Crippen LogP contribution in [0.2, 0.25) is 0 Å². The van der Waals surface area contributed by atoms with Gasteiger partial charge in [-0.2, -0.15) is 9.97 Å². The molecule has 0 bridgehead atoms. The second kappa shape index (κ2) is 7.14. The van der Waals surface area contributed by atoms with E-state index in [1.165, 1.54) is 20.3 Å². The van der Waals surface area contributed by atoms with Crippen LogP contribution in [0.4, 0.5) is 5.95 Å². The van der Waals surface area contributed by atoms with E-state index in [9.17, 15) is 9.59 Å². The first kappa shape index (κ1) is 14.7. The van der Waals surface area contributed by atoms with E-state index in [4.69, 9.17) is 14.6 Å². The Balaban J connectivity index is 2.60. The van der Waals surface area contributed by atoms with E-state index in [-0.39, 0.29) is 42.9 Å². The molecule has 2 N–H and O–H groups in total. The van der Waals surface area contributed by atoms with Gasteiger partial charge in [0.2, 0.25) is 23.6 Å². The molecule has 0 saturated carbocycles. The quantitative estimate of drug-likeness (QED) is 0.749. The summed E-state index contributed by atoms with van der Waals surface area (Å²) in [7, 11) is 2.86. The summed E-state index contributed by atoms with van der Waals surface area (Å²) >= 11 is 0. The van der Waals surface area contributed by atoms with Crippen molar-refractivity contribution in [3.63, 3.8) is 0 Å². The van der Waals surface area contributed by atoms with E-state index in [2.05, 4.69) is 15.3 Å². The van der Waals surface area contributed by atoms with E-state index >= 15 is 0 Å². The monoisotopic (exact) mass is 269 g/mol. The molecule has 0 aliphatic carbocycles. The Bertz CT molecular complexity index is 441.